The summed E-state index contributed by atoms with van der Waals surface area (Å²) < 4.78 is 44.4. The summed E-state index contributed by atoms with van der Waals surface area (Å²) >= 11 is 0. The molecule has 0 aromatic heterocycles. The summed E-state index contributed by atoms with van der Waals surface area (Å²) in [6.45, 7) is 3.36. The van der Waals surface area contributed by atoms with Crippen LogP contribution in [0.1, 0.15) is 32.3 Å². The molecule has 0 bridgehead atoms. The monoisotopic (exact) mass is 340 g/mol. The van der Waals surface area contributed by atoms with Crippen molar-refractivity contribution < 1.29 is 17.5 Å². The van der Waals surface area contributed by atoms with Crippen LogP contribution in [0.5, 0.6) is 0 Å². The molecular weight excluding hydrogens is 319 g/mol. The van der Waals surface area contributed by atoms with Crippen LogP contribution in [0.25, 0.3) is 0 Å². The van der Waals surface area contributed by atoms with Crippen molar-refractivity contribution in [2.45, 2.75) is 43.1 Å². The molecule has 2 N–H and O–H groups in total. The largest absolute Gasteiger partial charge is 0.399 e. The summed E-state index contributed by atoms with van der Waals surface area (Å²) in [6, 6.07) is 4.17. The first-order valence-corrected chi connectivity index (χ1v) is 9.16. The maximum atomic E-state index is 14.2. The molecule has 0 amide bonds. The Labute approximate surface area is 135 Å². The van der Waals surface area contributed by atoms with Gasteiger partial charge in [0.15, 0.2) is 9.84 Å². The maximum Gasteiger partial charge on any atom is 0.164 e. The number of aliphatic imine (C=N–C) groups is 1. The van der Waals surface area contributed by atoms with Crippen LogP contribution >= 0.6 is 0 Å². The predicted octanol–water partition coefficient (Wildman–Crippen LogP) is 2.06. The Balaban J connectivity index is 2.10. The molecule has 1 saturated carbocycles. The summed E-state index contributed by atoms with van der Waals surface area (Å²) in [5.41, 5.74) is 5.71. The number of nitrogens with zero attached hydrogens (tertiary/aromatic N) is 1. The lowest BCUT2D eigenvalue weighted by Gasteiger charge is -2.50. The van der Waals surface area contributed by atoms with Gasteiger partial charge in [0.1, 0.15) is 10.6 Å². The Morgan fingerprint density at radius 2 is 2.04 bits per heavy atom. The Bertz CT molecular complexity index is 785. The summed E-state index contributed by atoms with van der Waals surface area (Å²) in [5.74, 6) is -0.721. The fraction of sp³-hybridized carbons (Fsp3) is 0.562. The zero-order chi connectivity index (χ0) is 17.0. The molecule has 0 saturated heterocycles. The SMILES string of the molecule is COC1CC2(C1)C(C)=N[C@](C)(c1cc(N)ccc1F)CS2(=O)=O. The highest BCUT2D eigenvalue weighted by molar-refractivity contribution is 7.93. The van der Waals surface area contributed by atoms with E-state index in [-0.39, 0.29) is 17.4 Å². The third-order valence-electron chi connectivity index (χ3n) is 5.16. The van der Waals surface area contributed by atoms with E-state index in [9.17, 15) is 12.8 Å². The van der Waals surface area contributed by atoms with Crippen molar-refractivity contribution in [1.82, 2.24) is 0 Å². The number of nitrogens with two attached hydrogens (primary N) is 1. The number of benzene rings is 1. The Morgan fingerprint density at radius 3 is 2.61 bits per heavy atom. The summed E-state index contributed by atoms with van der Waals surface area (Å²) in [4.78, 5) is 4.61. The smallest absolute Gasteiger partial charge is 0.164 e. The van der Waals surface area contributed by atoms with Gasteiger partial charge < -0.3 is 10.5 Å². The number of methoxy groups -OCH3 is 1. The van der Waals surface area contributed by atoms with Crippen LogP contribution in [0.3, 0.4) is 0 Å². The number of ether oxygens (including phenoxy) is 1. The van der Waals surface area contributed by atoms with Crippen LogP contribution in [-0.4, -0.2) is 37.8 Å². The lowest BCUT2D eigenvalue weighted by atomic mass is 9.77. The Hall–Kier alpha value is -1.47. The number of anilines is 1. The number of rotatable bonds is 2. The molecule has 1 spiro atoms. The molecule has 126 valence electrons. The van der Waals surface area contributed by atoms with E-state index in [0.717, 1.165) is 0 Å². The molecule has 1 aliphatic heterocycles. The van der Waals surface area contributed by atoms with Gasteiger partial charge in [-0.3, -0.25) is 4.99 Å². The van der Waals surface area contributed by atoms with Gasteiger partial charge in [-0.2, -0.15) is 0 Å². The molecule has 2 aliphatic rings. The van der Waals surface area contributed by atoms with Gasteiger partial charge in [0.2, 0.25) is 0 Å². The van der Waals surface area contributed by atoms with Crippen molar-refractivity contribution >= 4 is 21.2 Å². The average molecular weight is 340 g/mol. The number of nitrogen functional groups attached to an aromatic ring is 1. The predicted molar refractivity (Wildman–Crippen MR) is 87.8 cm³/mol. The number of halogens is 1. The number of sulfone groups is 1. The molecule has 1 aromatic carbocycles. The van der Waals surface area contributed by atoms with Gasteiger partial charge in [-0.05, 0) is 44.9 Å². The Kier molecular flexibility index (Phi) is 3.57. The van der Waals surface area contributed by atoms with Crippen molar-refractivity contribution in [1.29, 1.82) is 0 Å². The van der Waals surface area contributed by atoms with Gasteiger partial charge in [0.25, 0.3) is 0 Å². The van der Waals surface area contributed by atoms with Gasteiger partial charge in [0, 0.05) is 24.1 Å². The summed E-state index contributed by atoms with van der Waals surface area (Å²) in [5, 5.41) is 0. The number of hydrogen-bond donors (Lipinski definition) is 1. The second-order valence-electron chi connectivity index (χ2n) is 6.73. The van der Waals surface area contributed by atoms with E-state index >= 15 is 0 Å². The van der Waals surface area contributed by atoms with Crippen molar-refractivity contribution in [3.63, 3.8) is 0 Å². The minimum Gasteiger partial charge on any atom is -0.399 e. The quantitative estimate of drug-likeness (QED) is 0.836. The maximum absolute atomic E-state index is 14.2. The molecule has 0 unspecified atom stereocenters. The van der Waals surface area contributed by atoms with Crippen LogP contribution in [0.15, 0.2) is 23.2 Å². The van der Waals surface area contributed by atoms with Crippen LogP contribution in [0.4, 0.5) is 10.1 Å². The van der Waals surface area contributed by atoms with Gasteiger partial charge in [0.05, 0.1) is 17.4 Å². The summed E-state index contributed by atoms with van der Waals surface area (Å²) in [7, 11) is -1.91. The van der Waals surface area contributed by atoms with E-state index in [2.05, 4.69) is 4.99 Å². The standard InChI is InChI=1S/C16H21FN2O3S/c1-10-16(7-12(8-16)22-3)23(20,21)9-15(2,19-10)13-6-11(18)4-5-14(13)17/h4-6,12H,7-9,18H2,1-3H3/t12?,15-,16?/m0/s1. The lowest BCUT2D eigenvalue weighted by molar-refractivity contribution is 0.0293. The van der Waals surface area contributed by atoms with Crippen LogP contribution in [0, 0.1) is 5.82 Å². The fourth-order valence-corrected chi connectivity index (χ4v) is 6.33. The van der Waals surface area contributed by atoms with Crippen LogP contribution in [-0.2, 0) is 20.1 Å². The molecule has 5 nitrogen and oxygen atoms in total. The molecule has 0 radical (unpaired) electrons. The van der Waals surface area contributed by atoms with E-state index in [4.69, 9.17) is 10.5 Å². The molecule has 1 heterocycles. The second kappa shape index (κ2) is 5.01. The topological polar surface area (TPSA) is 81.8 Å². The van der Waals surface area contributed by atoms with E-state index in [0.29, 0.717) is 24.2 Å². The van der Waals surface area contributed by atoms with E-state index in [1.165, 1.54) is 18.2 Å². The first-order chi connectivity index (χ1) is 10.6. The highest BCUT2D eigenvalue weighted by Crippen LogP contribution is 2.49. The first-order valence-electron chi connectivity index (χ1n) is 7.51. The summed E-state index contributed by atoms with van der Waals surface area (Å²) in [6.07, 6.45) is 0.760. The second-order valence-corrected chi connectivity index (χ2v) is 9.03. The van der Waals surface area contributed by atoms with Crippen LogP contribution in [0.2, 0.25) is 0 Å². The number of hydrogen-bond acceptors (Lipinski definition) is 5. The zero-order valence-corrected chi connectivity index (χ0v) is 14.3. The van der Waals surface area contributed by atoms with Crippen molar-refractivity contribution in [2.24, 2.45) is 4.99 Å². The molecular formula is C16H21FN2O3S. The lowest BCUT2D eigenvalue weighted by Crippen LogP contribution is -2.63. The van der Waals surface area contributed by atoms with E-state index < -0.39 is 25.9 Å². The fourth-order valence-electron chi connectivity index (χ4n) is 3.72. The van der Waals surface area contributed by atoms with Crippen molar-refractivity contribution in [2.75, 3.05) is 18.6 Å². The highest BCUT2D eigenvalue weighted by Gasteiger charge is 2.60. The molecule has 1 fully saturated rings. The van der Waals surface area contributed by atoms with Gasteiger partial charge in [-0.25, -0.2) is 12.8 Å². The molecule has 7 heteroatoms. The van der Waals surface area contributed by atoms with Gasteiger partial charge >= 0.3 is 0 Å². The third-order valence-corrected chi connectivity index (χ3v) is 7.92. The van der Waals surface area contributed by atoms with Crippen molar-refractivity contribution in [3.05, 3.63) is 29.6 Å². The molecule has 3 rings (SSSR count). The highest BCUT2D eigenvalue weighted by atomic mass is 32.2. The average Bonchev–Trinajstić information content (AvgIpc) is 2.38. The molecule has 1 atom stereocenters. The molecule has 1 aromatic rings. The van der Waals surface area contributed by atoms with Gasteiger partial charge in [-0.1, -0.05) is 0 Å². The minimum absolute atomic E-state index is 0.0663. The Morgan fingerprint density at radius 1 is 1.39 bits per heavy atom. The molecule has 1 aliphatic carbocycles. The first kappa shape index (κ1) is 16.4. The van der Waals surface area contributed by atoms with E-state index in [1.807, 2.05) is 0 Å². The third kappa shape index (κ3) is 2.29. The molecule has 23 heavy (non-hydrogen) atoms. The van der Waals surface area contributed by atoms with Crippen LogP contribution < -0.4 is 5.73 Å². The zero-order valence-electron chi connectivity index (χ0n) is 13.5. The normalized spacial score (nSPS) is 35.7. The van der Waals surface area contributed by atoms with Gasteiger partial charge in [-0.15, -0.1) is 0 Å². The van der Waals surface area contributed by atoms with E-state index in [1.54, 1.807) is 21.0 Å². The minimum atomic E-state index is -3.48. The van der Waals surface area contributed by atoms with Crippen molar-refractivity contribution in [3.8, 4) is 0 Å².